The van der Waals surface area contributed by atoms with Gasteiger partial charge >= 0.3 is 5.69 Å². The summed E-state index contributed by atoms with van der Waals surface area (Å²) >= 11 is 0. The Bertz CT molecular complexity index is 914. The molecule has 146 valence electrons. The first-order chi connectivity index (χ1) is 13.4. The van der Waals surface area contributed by atoms with Crippen LogP contribution in [0.5, 0.6) is 0 Å². The average Bonchev–Trinajstić information content (AvgIpc) is 2.89. The van der Waals surface area contributed by atoms with Crippen molar-refractivity contribution in [3.05, 3.63) is 74.3 Å². The van der Waals surface area contributed by atoms with E-state index in [2.05, 4.69) is 29.6 Å². The molecule has 0 radical (unpaired) electrons. The van der Waals surface area contributed by atoms with Crippen LogP contribution in [0.3, 0.4) is 0 Å². The van der Waals surface area contributed by atoms with Gasteiger partial charge in [-0.25, -0.2) is 0 Å². The molecule has 1 saturated carbocycles. The van der Waals surface area contributed by atoms with E-state index in [4.69, 9.17) is 0 Å². The van der Waals surface area contributed by atoms with Crippen molar-refractivity contribution in [2.75, 3.05) is 5.43 Å². The number of nitro groups is 2. The van der Waals surface area contributed by atoms with Gasteiger partial charge < -0.3 is 0 Å². The van der Waals surface area contributed by atoms with Gasteiger partial charge in [0.2, 0.25) is 0 Å². The van der Waals surface area contributed by atoms with E-state index < -0.39 is 9.85 Å². The van der Waals surface area contributed by atoms with E-state index in [-0.39, 0.29) is 22.5 Å². The van der Waals surface area contributed by atoms with Gasteiger partial charge in [0.1, 0.15) is 5.69 Å². The molecule has 1 atom stereocenters. The Hall–Kier alpha value is -3.29. The van der Waals surface area contributed by atoms with Crippen LogP contribution in [0.1, 0.15) is 44.6 Å². The molecule has 8 heteroatoms. The van der Waals surface area contributed by atoms with Crippen LogP contribution in [0.15, 0.2) is 53.6 Å². The minimum atomic E-state index is -0.652. The molecule has 28 heavy (non-hydrogen) atoms. The van der Waals surface area contributed by atoms with E-state index in [1.807, 2.05) is 18.2 Å². The molecule has 3 rings (SSSR count). The first kappa shape index (κ1) is 19.5. The fraction of sp³-hybridized carbons (Fsp3) is 0.350. The van der Waals surface area contributed by atoms with Crippen molar-refractivity contribution in [2.45, 2.75) is 44.4 Å². The maximum absolute atomic E-state index is 11.3. The second-order valence-corrected chi connectivity index (χ2v) is 7.14. The van der Waals surface area contributed by atoms with E-state index >= 15 is 0 Å². The summed E-state index contributed by atoms with van der Waals surface area (Å²) in [6.07, 6.45) is 4.94. The lowest BCUT2D eigenvalue weighted by Crippen LogP contribution is -2.32. The summed E-state index contributed by atoms with van der Waals surface area (Å²) in [4.78, 5) is 21.0. The Morgan fingerprint density at radius 3 is 2.43 bits per heavy atom. The van der Waals surface area contributed by atoms with Crippen molar-refractivity contribution in [1.29, 1.82) is 0 Å². The van der Waals surface area contributed by atoms with E-state index in [1.54, 1.807) is 0 Å². The van der Waals surface area contributed by atoms with Gasteiger partial charge in [-0.1, -0.05) is 50.1 Å². The molecule has 1 N–H and O–H groups in total. The molecule has 0 heterocycles. The van der Waals surface area contributed by atoms with Crippen molar-refractivity contribution in [1.82, 2.24) is 0 Å². The number of hydrazone groups is 1. The molecule has 0 spiro atoms. The van der Waals surface area contributed by atoms with E-state index in [1.165, 1.54) is 12.1 Å². The van der Waals surface area contributed by atoms with E-state index in [0.29, 0.717) is 0 Å². The van der Waals surface area contributed by atoms with E-state index in [0.717, 1.165) is 49.4 Å². The van der Waals surface area contributed by atoms with Crippen LogP contribution < -0.4 is 5.43 Å². The van der Waals surface area contributed by atoms with Gasteiger partial charge in [0.15, 0.2) is 0 Å². The second kappa shape index (κ2) is 8.16. The Kier molecular flexibility index (Phi) is 5.67. The number of hydrogen-bond acceptors (Lipinski definition) is 6. The molecule has 1 aliphatic rings. The maximum Gasteiger partial charge on any atom is 0.301 e. The number of nitrogens with one attached hydrogen (secondary N) is 1. The molecule has 2 aromatic carbocycles. The number of nitrogens with zero attached hydrogens (tertiary/aromatic N) is 3. The van der Waals surface area contributed by atoms with Crippen LogP contribution in [0.2, 0.25) is 0 Å². The van der Waals surface area contributed by atoms with Crippen LogP contribution in [0.25, 0.3) is 0 Å². The average molecular weight is 382 g/mol. The summed E-state index contributed by atoms with van der Waals surface area (Å²) in [7, 11) is 0. The Morgan fingerprint density at radius 1 is 1.00 bits per heavy atom. The molecule has 0 saturated heterocycles. The molecule has 1 aliphatic carbocycles. The van der Waals surface area contributed by atoms with Gasteiger partial charge in [0.05, 0.1) is 15.9 Å². The molecule has 0 unspecified atom stereocenters. The normalized spacial score (nSPS) is 21.1. The van der Waals surface area contributed by atoms with Crippen LogP contribution in [-0.2, 0) is 5.41 Å². The number of anilines is 1. The van der Waals surface area contributed by atoms with Gasteiger partial charge in [0.25, 0.3) is 5.69 Å². The summed E-state index contributed by atoms with van der Waals surface area (Å²) in [6, 6.07) is 13.6. The monoisotopic (exact) mass is 382 g/mol. The lowest BCUT2D eigenvalue weighted by Gasteiger charge is -2.30. The van der Waals surface area contributed by atoms with Crippen LogP contribution in [0.4, 0.5) is 17.1 Å². The molecule has 0 amide bonds. The van der Waals surface area contributed by atoms with Crippen molar-refractivity contribution >= 4 is 22.8 Å². The molecular weight excluding hydrogens is 360 g/mol. The zero-order valence-corrected chi connectivity index (χ0v) is 15.6. The predicted molar refractivity (Wildman–Crippen MR) is 108 cm³/mol. The Labute approximate surface area is 162 Å². The molecule has 8 nitrogen and oxygen atoms in total. The van der Waals surface area contributed by atoms with Crippen LogP contribution in [0, 0.1) is 20.2 Å². The first-order valence-electron chi connectivity index (χ1n) is 9.23. The van der Waals surface area contributed by atoms with E-state index in [9.17, 15) is 20.2 Å². The summed E-state index contributed by atoms with van der Waals surface area (Å²) in [5, 5.41) is 26.8. The predicted octanol–water partition coefficient (Wildman–Crippen LogP) is 5.19. The number of non-ortho nitro benzene ring substituents is 1. The molecular formula is C20H22N4O4. The van der Waals surface area contributed by atoms with Gasteiger partial charge in [-0.05, 0) is 30.9 Å². The molecule has 0 aliphatic heterocycles. The minimum Gasteiger partial charge on any atom is -0.272 e. The third-order valence-electron chi connectivity index (χ3n) is 5.34. The SMILES string of the molecule is C[C@@]1(c2ccccc2)CCCCC/C1=N/Nc1ccc([N+](=O)[O-])cc1[N+](=O)[O-]. The van der Waals surface area contributed by atoms with Gasteiger partial charge in [-0.15, -0.1) is 0 Å². The van der Waals surface area contributed by atoms with Crippen molar-refractivity contribution in [3.8, 4) is 0 Å². The lowest BCUT2D eigenvalue weighted by molar-refractivity contribution is -0.393. The first-order valence-corrected chi connectivity index (χ1v) is 9.23. The highest BCUT2D eigenvalue weighted by Gasteiger charge is 2.34. The number of benzene rings is 2. The summed E-state index contributed by atoms with van der Waals surface area (Å²) in [5.41, 5.74) is 4.09. The summed E-state index contributed by atoms with van der Waals surface area (Å²) < 4.78 is 0. The highest BCUT2D eigenvalue weighted by atomic mass is 16.6. The Balaban J connectivity index is 1.97. The lowest BCUT2D eigenvalue weighted by atomic mass is 9.75. The summed E-state index contributed by atoms with van der Waals surface area (Å²) in [6.45, 7) is 2.15. The highest BCUT2D eigenvalue weighted by molar-refractivity contribution is 5.95. The fourth-order valence-corrected chi connectivity index (χ4v) is 3.67. The maximum atomic E-state index is 11.3. The molecule has 1 fully saturated rings. The minimum absolute atomic E-state index is 0.141. The van der Waals surface area contributed by atoms with Crippen molar-refractivity contribution in [2.24, 2.45) is 5.10 Å². The number of nitro benzene ring substituents is 2. The zero-order valence-electron chi connectivity index (χ0n) is 15.6. The summed E-state index contributed by atoms with van der Waals surface area (Å²) in [5.74, 6) is 0. The number of rotatable bonds is 5. The van der Waals surface area contributed by atoms with Gasteiger partial charge in [-0.3, -0.25) is 25.7 Å². The van der Waals surface area contributed by atoms with Crippen LogP contribution in [-0.4, -0.2) is 15.6 Å². The van der Waals surface area contributed by atoms with Gasteiger partial charge in [0, 0.05) is 17.2 Å². The third kappa shape index (κ3) is 4.00. The zero-order chi connectivity index (χ0) is 20.1. The molecule has 0 bridgehead atoms. The standard InChI is InChI=1S/C20H22N4O4/c1-20(15-8-4-2-5-9-15)13-7-3-6-10-19(20)22-21-17-12-11-16(23(25)26)14-18(17)24(27)28/h2,4-5,8-9,11-12,14,21H,3,6-7,10,13H2,1H3/b22-19-/t20-/m0/s1. The highest BCUT2D eigenvalue weighted by Crippen LogP contribution is 2.37. The molecule has 2 aromatic rings. The third-order valence-corrected chi connectivity index (χ3v) is 5.34. The largest absolute Gasteiger partial charge is 0.301 e. The van der Waals surface area contributed by atoms with Crippen molar-refractivity contribution in [3.63, 3.8) is 0 Å². The van der Waals surface area contributed by atoms with Crippen LogP contribution >= 0.6 is 0 Å². The molecule has 0 aromatic heterocycles. The number of hydrogen-bond donors (Lipinski definition) is 1. The smallest absolute Gasteiger partial charge is 0.272 e. The second-order valence-electron chi connectivity index (χ2n) is 7.14. The Morgan fingerprint density at radius 2 is 1.75 bits per heavy atom. The van der Waals surface area contributed by atoms with Crippen molar-refractivity contribution < 1.29 is 9.85 Å². The fourth-order valence-electron chi connectivity index (χ4n) is 3.67. The van der Waals surface area contributed by atoms with Gasteiger partial charge in [-0.2, -0.15) is 5.10 Å². The quantitative estimate of drug-likeness (QED) is 0.434. The topological polar surface area (TPSA) is 111 Å².